The molecule has 2 aromatic carbocycles. The molecular weight excluding hydrogens is 348 g/mol. The number of nitrogens with two attached hydrogens (primary N) is 1. The quantitative estimate of drug-likeness (QED) is 0.817. The van der Waals surface area contributed by atoms with E-state index in [0.29, 0.717) is 11.6 Å². The van der Waals surface area contributed by atoms with E-state index < -0.39 is 20.0 Å². The Bertz CT molecular complexity index is 904. The van der Waals surface area contributed by atoms with Crippen molar-refractivity contribution in [1.29, 1.82) is 0 Å². The lowest BCUT2D eigenvalue weighted by Gasteiger charge is -2.12. The number of sulfonamides is 2. The second-order valence-electron chi connectivity index (χ2n) is 5.55. The van der Waals surface area contributed by atoms with Gasteiger partial charge in [-0.05, 0) is 54.3 Å². The van der Waals surface area contributed by atoms with Gasteiger partial charge in [0, 0.05) is 5.69 Å². The van der Waals surface area contributed by atoms with Crippen LogP contribution in [0, 0.1) is 0 Å². The molecule has 2 rings (SSSR count). The van der Waals surface area contributed by atoms with Gasteiger partial charge in [-0.25, -0.2) is 22.0 Å². The molecule has 0 bridgehead atoms. The summed E-state index contributed by atoms with van der Waals surface area (Å²) in [7, 11) is -7.65. The van der Waals surface area contributed by atoms with E-state index in [4.69, 9.17) is 5.14 Å². The Kier molecular flexibility index (Phi) is 5.32. The fourth-order valence-electron chi connectivity index (χ4n) is 2.14. The normalized spacial score (nSPS) is 13.5. The van der Waals surface area contributed by atoms with E-state index in [1.54, 1.807) is 12.1 Å². The topological polar surface area (TPSA) is 106 Å². The fourth-order valence-corrected chi connectivity index (χ4v) is 3.71. The maximum atomic E-state index is 12.3. The number of hydrogen-bond acceptors (Lipinski definition) is 4. The molecule has 0 saturated carbocycles. The molecule has 0 aliphatic rings. The minimum atomic E-state index is -3.85. The Morgan fingerprint density at radius 3 is 1.88 bits per heavy atom. The third-order valence-corrected chi connectivity index (χ3v) is 6.13. The molecule has 1 atom stereocenters. The highest BCUT2D eigenvalue weighted by Gasteiger charge is 2.16. The Morgan fingerprint density at radius 2 is 1.42 bits per heavy atom. The van der Waals surface area contributed by atoms with Crippen molar-refractivity contribution in [2.45, 2.75) is 36.0 Å². The molecule has 0 amide bonds. The van der Waals surface area contributed by atoms with Crippen LogP contribution in [0.2, 0.25) is 0 Å². The molecule has 24 heavy (non-hydrogen) atoms. The van der Waals surface area contributed by atoms with E-state index in [9.17, 15) is 16.8 Å². The third-order valence-electron chi connectivity index (χ3n) is 3.81. The maximum Gasteiger partial charge on any atom is 0.261 e. The summed E-state index contributed by atoms with van der Waals surface area (Å²) in [6.07, 6.45) is 1.00. The minimum Gasteiger partial charge on any atom is -0.280 e. The molecule has 0 spiro atoms. The van der Waals surface area contributed by atoms with E-state index >= 15 is 0 Å². The number of hydrogen-bond donors (Lipinski definition) is 2. The van der Waals surface area contributed by atoms with Crippen molar-refractivity contribution in [1.82, 2.24) is 0 Å². The van der Waals surface area contributed by atoms with Gasteiger partial charge in [0.15, 0.2) is 0 Å². The second kappa shape index (κ2) is 6.92. The Hall–Kier alpha value is -1.90. The predicted octanol–water partition coefficient (Wildman–Crippen LogP) is 2.65. The van der Waals surface area contributed by atoms with Gasteiger partial charge >= 0.3 is 0 Å². The van der Waals surface area contributed by atoms with Gasteiger partial charge in [0.25, 0.3) is 10.0 Å². The van der Waals surface area contributed by atoms with Crippen molar-refractivity contribution in [3.8, 4) is 0 Å². The van der Waals surface area contributed by atoms with Gasteiger partial charge in [0.05, 0.1) is 9.79 Å². The van der Waals surface area contributed by atoms with Crippen LogP contribution in [0.3, 0.4) is 0 Å². The van der Waals surface area contributed by atoms with Gasteiger partial charge in [0.1, 0.15) is 0 Å². The maximum absolute atomic E-state index is 12.3. The van der Waals surface area contributed by atoms with E-state index in [0.717, 1.165) is 24.1 Å². The molecule has 0 aliphatic heterocycles. The van der Waals surface area contributed by atoms with Crippen molar-refractivity contribution < 1.29 is 16.8 Å². The summed E-state index contributed by atoms with van der Waals surface area (Å²) in [5.74, 6) is 0.404. The SMILES string of the molecule is CC[C@H](C)c1ccc(NS(=O)(=O)c2ccc(S(N)(=O)=O)cc2)cc1. The molecule has 0 aromatic heterocycles. The van der Waals surface area contributed by atoms with Crippen LogP contribution in [-0.2, 0) is 20.0 Å². The molecule has 0 saturated heterocycles. The monoisotopic (exact) mass is 368 g/mol. The molecule has 0 radical (unpaired) electrons. The van der Waals surface area contributed by atoms with Crippen LogP contribution in [0.25, 0.3) is 0 Å². The van der Waals surface area contributed by atoms with Crippen LogP contribution in [0.1, 0.15) is 31.7 Å². The van der Waals surface area contributed by atoms with Crippen LogP contribution in [-0.4, -0.2) is 16.8 Å². The standard InChI is InChI=1S/C16H20N2O4S2/c1-3-12(2)13-4-6-14(7-5-13)18-24(21,22)16-10-8-15(9-11-16)23(17,19)20/h4-12,18H,3H2,1-2H3,(H2,17,19,20)/t12-/m0/s1. The highest BCUT2D eigenvalue weighted by Crippen LogP contribution is 2.22. The molecule has 130 valence electrons. The summed E-state index contributed by atoms with van der Waals surface area (Å²) in [5, 5.41) is 5.00. The first-order valence-electron chi connectivity index (χ1n) is 7.39. The van der Waals surface area contributed by atoms with Gasteiger partial charge in [-0.2, -0.15) is 0 Å². The van der Waals surface area contributed by atoms with Crippen LogP contribution in [0.15, 0.2) is 58.3 Å². The number of rotatable bonds is 6. The third kappa shape index (κ3) is 4.34. The fraction of sp³-hybridized carbons (Fsp3) is 0.250. The molecular formula is C16H20N2O4S2. The first kappa shape index (κ1) is 18.4. The van der Waals surface area contributed by atoms with Crippen molar-refractivity contribution in [3.05, 3.63) is 54.1 Å². The second-order valence-corrected chi connectivity index (χ2v) is 8.80. The van der Waals surface area contributed by atoms with Crippen LogP contribution in [0.5, 0.6) is 0 Å². The summed E-state index contributed by atoms with van der Waals surface area (Å²) in [6, 6.07) is 11.9. The van der Waals surface area contributed by atoms with Gasteiger partial charge < -0.3 is 0 Å². The zero-order chi connectivity index (χ0) is 18.0. The molecule has 0 aliphatic carbocycles. The molecule has 0 unspecified atom stereocenters. The number of anilines is 1. The Labute approximate surface area is 142 Å². The number of nitrogens with one attached hydrogen (secondary N) is 1. The average molecular weight is 368 g/mol. The minimum absolute atomic E-state index is 0.0408. The van der Waals surface area contributed by atoms with Crippen molar-refractivity contribution in [2.75, 3.05) is 4.72 Å². The lowest BCUT2D eigenvalue weighted by molar-refractivity contribution is 0.595. The van der Waals surface area contributed by atoms with E-state index in [1.165, 1.54) is 12.1 Å². The Balaban J connectivity index is 2.22. The summed E-state index contributed by atoms with van der Waals surface area (Å²) < 4.78 is 49.6. The smallest absolute Gasteiger partial charge is 0.261 e. The van der Waals surface area contributed by atoms with E-state index in [1.807, 2.05) is 12.1 Å². The van der Waals surface area contributed by atoms with Crippen LogP contribution in [0.4, 0.5) is 5.69 Å². The zero-order valence-corrected chi connectivity index (χ0v) is 15.1. The van der Waals surface area contributed by atoms with Crippen molar-refractivity contribution >= 4 is 25.7 Å². The molecule has 0 fully saturated rings. The summed E-state index contributed by atoms with van der Waals surface area (Å²) in [6.45, 7) is 4.19. The Morgan fingerprint density at radius 1 is 0.917 bits per heavy atom. The first-order chi connectivity index (χ1) is 11.1. The summed E-state index contributed by atoms with van der Waals surface area (Å²) >= 11 is 0. The highest BCUT2D eigenvalue weighted by atomic mass is 32.2. The summed E-state index contributed by atoms with van der Waals surface area (Å²) in [4.78, 5) is -0.180. The molecule has 2 aromatic rings. The molecule has 0 heterocycles. The van der Waals surface area contributed by atoms with Crippen LogP contribution >= 0.6 is 0 Å². The zero-order valence-electron chi connectivity index (χ0n) is 13.4. The van der Waals surface area contributed by atoms with Crippen molar-refractivity contribution in [3.63, 3.8) is 0 Å². The van der Waals surface area contributed by atoms with Crippen molar-refractivity contribution in [2.24, 2.45) is 5.14 Å². The highest BCUT2D eigenvalue weighted by molar-refractivity contribution is 7.92. The lowest BCUT2D eigenvalue weighted by Crippen LogP contribution is -2.15. The lowest BCUT2D eigenvalue weighted by atomic mass is 9.99. The van der Waals surface area contributed by atoms with E-state index in [-0.39, 0.29) is 9.79 Å². The number of benzene rings is 2. The van der Waals surface area contributed by atoms with E-state index in [2.05, 4.69) is 18.6 Å². The first-order valence-corrected chi connectivity index (χ1v) is 10.4. The average Bonchev–Trinajstić information content (AvgIpc) is 2.54. The van der Waals surface area contributed by atoms with Gasteiger partial charge in [-0.1, -0.05) is 26.0 Å². The van der Waals surface area contributed by atoms with Crippen LogP contribution < -0.4 is 9.86 Å². The van der Waals surface area contributed by atoms with Gasteiger partial charge in [-0.15, -0.1) is 0 Å². The molecule has 3 N–H and O–H groups in total. The van der Waals surface area contributed by atoms with Gasteiger partial charge in [0.2, 0.25) is 10.0 Å². The largest absolute Gasteiger partial charge is 0.280 e. The van der Waals surface area contributed by atoms with Gasteiger partial charge in [-0.3, -0.25) is 4.72 Å². The molecule has 8 heteroatoms. The molecule has 6 nitrogen and oxygen atoms in total. The summed E-state index contributed by atoms with van der Waals surface area (Å²) in [5.41, 5.74) is 1.58. The number of primary sulfonamides is 1. The predicted molar refractivity (Wildman–Crippen MR) is 93.8 cm³/mol.